The number of rotatable bonds is 2. The minimum atomic E-state index is 0. The number of fused-ring (bicyclic) bond motifs is 1. The molecular weight excluding hydrogens is 200 g/mol. The first-order valence-corrected chi connectivity index (χ1v) is 4.25. The van der Waals surface area contributed by atoms with Crippen molar-refractivity contribution in [1.82, 2.24) is 20.3 Å². The van der Waals surface area contributed by atoms with Crippen molar-refractivity contribution < 1.29 is 0 Å². The fourth-order valence-electron chi connectivity index (χ4n) is 1.43. The van der Waals surface area contributed by atoms with E-state index in [9.17, 15) is 0 Å². The van der Waals surface area contributed by atoms with E-state index in [2.05, 4.69) is 21.6 Å². The minimum absolute atomic E-state index is 0. The summed E-state index contributed by atoms with van der Waals surface area (Å²) in [5, 5.41) is 11.6. The highest BCUT2D eigenvalue weighted by Crippen LogP contribution is 2.13. The lowest BCUT2D eigenvalue weighted by Gasteiger charge is -1.98. The van der Waals surface area contributed by atoms with Gasteiger partial charge < -0.3 is 5.32 Å². The van der Waals surface area contributed by atoms with Gasteiger partial charge in [-0.25, -0.2) is 0 Å². The average molecular weight is 213 g/mol. The SMILES string of the molecule is CNCc1cccc2nn(C)nc12.Cl. The maximum absolute atomic E-state index is 4.30. The first kappa shape index (κ1) is 10.9. The van der Waals surface area contributed by atoms with Gasteiger partial charge in [0.15, 0.2) is 0 Å². The zero-order chi connectivity index (χ0) is 9.26. The van der Waals surface area contributed by atoms with Crippen LogP contribution >= 0.6 is 12.4 Å². The quantitative estimate of drug-likeness (QED) is 0.811. The van der Waals surface area contributed by atoms with Crippen LogP contribution in [0, 0.1) is 0 Å². The maximum atomic E-state index is 4.30. The lowest BCUT2D eigenvalue weighted by atomic mass is 10.2. The van der Waals surface area contributed by atoms with Gasteiger partial charge in [-0.2, -0.15) is 15.0 Å². The number of hydrogen-bond acceptors (Lipinski definition) is 3. The molecule has 4 nitrogen and oxygen atoms in total. The van der Waals surface area contributed by atoms with Crippen molar-refractivity contribution in [2.75, 3.05) is 7.05 Å². The van der Waals surface area contributed by atoms with Gasteiger partial charge in [0.1, 0.15) is 11.0 Å². The highest BCUT2D eigenvalue weighted by molar-refractivity contribution is 5.85. The summed E-state index contributed by atoms with van der Waals surface area (Å²) in [5.41, 5.74) is 3.13. The van der Waals surface area contributed by atoms with Gasteiger partial charge in [-0.05, 0) is 18.7 Å². The molecule has 0 spiro atoms. The van der Waals surface area contributed by atoms with Gasteiger partial charge in [0.2, 0.25) is 0 Å². The molecule has 0 unspecified atom stereocenters. The van der Waals surface area contributed by atoms with Crippen molar-refractivity contribution in [1.29, 1.82) is 0 Å². The molecule has 1 aromatic carbocycles. The lowest BCUT2D eigenvalue weighted by molar-refractivity contribution is 0.664. The molecule has 14 heavy (non-hydrogen) atoms. The summed E-state index contributed by atoms with van der Waals surface area (Å²) in [6.07, 6.45) is 0. The van der Waals surface area contributed by atoms with E-state index < -0.39 is 0 Å². The summed E-state index contributed by atoms with van der Waals surface area (Å²) >= 11 is 0. The molecule has 0 saturated heterocycles. The molecule has 2 rings (SSSR count). The predicted molar refractivity (Wildman–Crippen MR) is 58.5 cm³/mol. The fraction of sp³-hybridized carbons (Fsp3) is 0.333. The molecule has 1 heterocycles. The number of hydrogen-bond donors (Lipinski definition) is 1. The number of aryl methyl sites for hydroxylation is 1. The Kier molecular flexibility index (Phi) is 3.43. The van der Waals surface area contributed by atoms with E-state index in [1.165, 1.54) is 5.56 Å². The number of halogens is 1. The Labute approximate surface area is 88.7 Å². The number of aromatic nitrogens is 3. The Hall–Kier alpha value is -1.13. The largest absolute Gasteiger partial charge is 0.316 e. The second-order valence-corrected chi connectivity index (χ2v) is 3.00. The van der Waals surface area contributed by atoms with E-state index in [1.807, 2.05) is 26.2 Å². The third kappa shape index (κ3) is 1.86. The smallest absolute Gasteiger partial charge is 0.117 e. The van der Waals surface area contributed by atoms with Crippen LogP contribution < -0.4 is 5.32 Å². The fourth-order valence-corrected chi connectivity index (χ4v) is 1.43. The van der Waals surface area contributed by atoms with E-state index in [1.54, 1.807) is 4.80 Å². The third-order valence-corrected chi connectivity index (χ3v) is 1.96. The molecule has 0 fully saturated rings. The highest BCUT2D eigenvalue weighted by atomic mass is 35.5. The highest BCUT2D eigenvalue weighted by Gasteiger charge is 2.04. The molecule has 0 aliphatic carbocycles. The molecule has 0 saturated carbocycles. The molecule has 0 bridgehead atoms. The van der Waals surface area contributed by atoms with Crippen molar-refractivity contribution in [3.63, 3.8) is 0 Å². The maximum Gasteiger partial charge on any atom is 0.117 e. The van der Waals surface area contributed by atoms with Crippen molar-refractivity contribution in [2.24, 2.45) is 7.05 Å². The van der Waals surface area contributed by atoms with Crippen molar-refractivity contribution in [3.8, 4) is 0 Å². The first-order chi connectivity index (χ1) is 6.31. The number of benzene rings is 1. The minimum Gasteiger partial charge on any atom is -0.316 e. The van der Waals surface area contributed by atoms with Gasteiger partial charge in [0.05, 0.1) is 0 Å². The van der Waals surface area contributed by atoms with E-state index >= 15 is 0 Å². The summed E-state index contributed by atoms with van der Waals surface area (Å²) < 4.78 is 0. The molecule has 0 radical (unpaired) electrons. The topological polar surface area (TPSA) is 42.7 Å². The summed E-state index contributed by atoms with van der Waals surface area (Å²) in [6.45, 7) is 0.829. The van der Waals surface area contributed by atoms with Gasteiger partial charge in [0, 0.05) is 13.6 Å². The first-order valence-electron chi connectivity index (χ1n) is 4.25. The van der Waals surface area contributed by atoms with Crippen LogP contribution in [0.3, 0.4) is 0 Å². The summed E-state index contributed by atoms with van der Waals surface area (Å²) in [7, 11) is 3.76. The molecule has 0 aliphatic rings. The van der Waals surface area contributed by atoms with Gasteiger partial charge in [0.25, 0.3) is 0 Å². The summed E-state index contributed by atoms with van der Waals surface area (Å²) in [4.78, 5) is 1.60. The van der Waals surface area contributed by atoms with E-state index in [0.717, 1.165) is 17.6 Å². The van der Waals surface area contributed by atoms with E-state index in [4.69, 9.17) is 0 Å². The molecule has 0 amide bonds. The van der Waals surface area contributed by atoms with Gasteiger partial charge in [-0.1, -0.05) is 12.1 Å². The van der Waals surface area contributed by atoms with Crippen LogP contribution in [0.4, 0.5) is 0 Å². The summed E-state index contributed by atoms with van der Waals surface area (Å²) in [5.74, 6) is 0. The Morgan fingerprint density at radius 2 is 2.14 bits per heavy atom. The Morgan fingerprint density at radius 1 is 1.36 bits per heavy atom. The third-order valence-electron chi connectivity index (χ3n) is 1.96. The Bertz CT molecular complexity index is 424. The average Bonchev–Trinajstić information content (AvgIpc) is 2.47. The van der Waals surface area contributed by atoms with E-state index in [0.29, 0.717) is 0 Å². The molecule has 0 atom stereocenters. The Balaban J connectivity index is 0.000000980. The van der Waals surface area contributed by atoms with Gasteiger partial charge in [-0.15, -0.1) is 12.4 Å². The Morgan fingerprint density at radius 3 is 2.86 bits per heavy atom. The van der Waals surface area contributed by atoms with Crippen molar-refractivity contribution in [2.45, 2.75) is 6.54 Å². The molecule has 5 heteroatoms. The molecule has 1 N–H and O–H groups in total. The second kappa shape index (κ2) is 4.39. The van der Waals surface area contributed by atoms with Crippen molar-refractivity contribution >= 4 is 23.4 Å². The lowest BCUT2D eigenvalue weighted by Crippen LogP contribution is -2.05. The van der Waals surface area contributed by atoms with Gasteiger partial charge >= 0.3 is 0 Å². The van der Waals surface area contributed by atoms with Crippen LogP contribution in [0.15, 0.2) is 18.2 Å². The van der Waals surface area contributed by atoms with Crippen LogP contribution in [-0.4, -0.2) is 22.0 Å². The molecule has 76 valence electrons. The van der Waals surface area contributed by atoms with E-state index in [-0.39, 0.29) is 12.4 Å². The second-order valence-electron chi connectivity index (χ2n) is 3.00. The van der Waals surface area contributed by atoms with Crippen LogP contribution in [0.2, 0.25) is 0 Å². The van der Waals surface area contributed by atoms with Crippen LogP contribution in [0.5, 0.6) is 0 Å². The molecular formula is C9H13ClN4. The molecule has 1 aromatic heterocycles. The zero-order valence-corrected chi connectivity index (χ0v) is 9.01. The number of nitrogens with one attached hydrogen (secondary N) is 1. The van der Waals surface area contributed by atoms with Crippen LogP contribution in [0.1, 0.15) is 5.56 Å². The normalized spacial score (nSPS) is 10.1. The summed E-state index contributed by atoms with van der Waals surface area (Å²) in [6, 6.07) is 6.04. The van der Waals surface area contributed by atoms with Gasteiger partial charge in [-0.3, -0.25) is 0 Å². The molecule has 2 aromatic rings. The standard InChI is InChI=1S/C9H12N4.ClH/c1-10-6-7-4-3-5-8-9(7)12-13(2)11-8;/h3-5,10H,6H2,1-2H3;1H. The zero-order valence-electron chi connectivity index (χ0n) is 8.19. The molecule has 0 aliphatic heterocycles. The monoisotopic (exact) mass is 212 g/mol. The predicted octanol–water partition coefficient (Wildman–Crippen LogP) is 1.11. The van der Waals surface area contributed by atoms with Crippen molar-refractivity contribution in [3.05, 3.63) is 23.8 Å². The van der Waals surface area contributed by atoms with Crippen LogP contribution in [0.25, 0.3) is 11.0 Å². The van der Waals surface area contributed by atoms with Crippen LogP contribution in [-0.2, 0) is 13.6 Å². The number of nitrogens with zero attached hydrogens (tertiary/aromatic N) is 3.